The smallest absolute Gasteiger partial charge is 0.274 e. The van der Waals surface area contributed by atoms with E-state index in [-0.39, 0.29) is 5.91 Å². The second-order valence-electron chi connectivity index (χ2n) is 5.94. The van der Waals surface area contributed by atoms with Crippen LogP contribution in [0.15, 0.2) is 79.3 Å². The lowest BCUT2D eigenvalue weighted by molar-refractivity contribution is 0.102. The van der Waals surface area contributed by atoms with Crippen molar-refractivity contribution in [2.75, 3.05) is 10.6 Å². The third-order valence-corrected chi connectivity index (χ3v) is 4.08. The monoisotopic (exact) mass is 355 g/mol. The molecule has 0 radical (unpaired) electrons. The number of aromatic nitrogens is 3. The fourth-order valence-electron chi connectivity index (χ4n) is 2.72. The normalized spacial score (nSPS) is 10.5. The quantitative estimate of drug-likeness (QED) is 0.568. The molecule has 0 atom stereocenters. The van der Waals surface area contributed by atoms with E-state index in [9.17, 15) is 4.79 Å². The maximum absolute atomic E-state index is 12.5. The average Bonchev–Trinajstić information content (AvgIpc) is 2.74. The van der Waals surface area contributed by atoms with Crippen molar-refractivity contribution in [3.63, 3.8) is 0 Å². The second kappa shape index (κ2) is 7.61. The fraction of sp³-hybridized carbons (Fsp3) is 0.0476. The number of pyridine rings is 3. The standard InChI is InChI=1S/C21H17N5O/c27-21(26-18-8-3-5-15-6-4-12-23-20(15)18)19-10-9-17(14-25-19)24-13-16-7-1-2-11-22-16/h1-12,14,24H,13H2,(H,26,27). The van der Waals surface area contributed by atoms with Crippen molar-refractivity contribution in [3.8, 4) is 0 Å². The van der Waals surface area contributed by atoms with Crippen LogP contribution in [0, 0.1) is 0 Å². The van der Waals surface area contributed by atoms with Gasteiger partial charge in [-0.15, -0.1) is 0 Å². The minimum Gasteiger partial charge on any atom is -0.378 e. The number of hydrogen-bond donors (Lipinski definition) is 2. The van der Waals surface area contributed by atoms with E-state index < -0.39 is 0 Å². The SMILES string of the molecule is O=C(Nc1cccc2cccnc12)c1ccc(NCc2ccccn2)cn1. The number of hydrogen-bond acceptors (Lipinski definition) is 5. The zero-order valence-corrected chi connectivity index (χ0v) is 14.5. The van der Waals surface area contributed by atoms with Crippen molar-refractivity contribution in [1.82, 2.24) is 15.0 Å². The van der Waals surface area contributed by atoms with E-state index in [0.717, 1.165) is 22.3 Å². The fourth-order valence-corrected chi connectivity index (χ4v) is 2.72. The van der Waals surface area contributed by atoms with Gasteiger partial charge in [-0.1, -0.05) is 24.3 Å². The lowest BCUT2D eigenvalue weighted by atomic mass is 10.2. The Labute approximate surface area is 156 Å². The van der Waals surface area contributed by atoms with Crippen molar-refractivity contribution in [1.29, 1.82) is 0 Å². The molecule has 6 nitrogen and oxygen atoms in total. The molecule has 1 aromatic carbocycles. The van der Waals surface area contributed by atoms with E-state index in [2.05, 4.69) is 25.6 Å². The first-order valence-corrected chi connectivity index (χ1v) is 8.54. The van der Waals surface area contributed by atoms with Crippen LogP contribution in [0.25, 0.3) is 10.9 Å². The summed E-state index contributed by atoms with van der Waals surface area (Å²) in [6.07, 6.45) is 5.10. The van der Waals surface area contributed by atoms with Crippen LogP contribution >= 0.6 is 0 Å². The number of carbonyl (C=O) groups excluding carboxylic acids is 1. The lowest BCUT2D eigenvalue weighted by Crippen LogP contribution is -2.14. The molecule has 0 aliphatic heterocycles. The summed E-state index contributed by atoms with van der Waals surface area (Å²) in [4.78, 5) is 25.4. The summed E-state index contributed by atoms with van der Waals surface area (Å²) < 4.78 is 0. The van der Waals surface area contributed by atoms with E-state index >= 15 is 0 Å². The molecule has 0 bridgehead atoms. The third kappa shape index (κ3) is 3.90. The first kappa shape index (κ1) is 16.7. The second-order valence-corrected chi connectivity index (χ2v) is 5.94. The number of anilines is 2. The summed E-state index contributed by atoms with van der Waals surface area (Å²) >= 11 is 0. The molecule has 0 spiro atoms. The Morgan fingerprint density at radius 1 is 0.852 bits per heavy atom. The maximum Gasteiger partial charge on any atom is 0.274 e. The van der Waals surface area contributed by atoms with E-state index in [1.807, 2.05) is 54.6 Å². The van der Waals surface area contributed by atoms with Gasteiger partial charge in [-0.3, -0.25) is 14.8 Å². The molecule has 0 fully saturated rings. The molecule has 4 rings (SSSR count). The first-order valence-electron chi connectivity index (χ1n) is 8.54. The number of benzene rings is 1. The topological polar surface area (TPSA) is 79.8 Å². The van der Waals surface area contributed by atoms with Gasteiger partial charge < -0.3 is 10.6 Å². The van der Waals surface area contributed by atoms with Gasteiger partial charge >= 0.3 is 0 Å². The molecule has 2 N–H and O–H groups in total. The highest BCUT2D eigenvalue weighted by atomic mass is 16.1. The summed E-state index contributed by atoms with van der Waals surface area (Å²) in [7, 11) is 0. The Balaban J connectivity index is 1.44. The molecule has 6 heteroatoms. The molecule has 0 aliphatic carbocycles. The highest BCUT2D eigenvalue weighted by Gasteiger charge is 2.10. The number of rotatable bonds is 5. The van der Waals surface area contributed by atoms with Gasteiger partial charge in [0.2, 0.25) is 0 Å². The van der Waals surface area contributed by atoms with Crippen LogP contribution in [0.2, 0.25) is 0 Å². The van der Waals surface area contributed by atoms with Gasteiger partial charge in [0.1, 0.15) is 5.69 Å². The Morgan fingerprint density at radius 3 is 2.56 bits per heavy atom. The van der Waals surface area contributed by atoms with Crippen LogP contribution in [0.1, 0.15) is 16.2 Å². The molecule has 0 saturated heterocycles. The average molecular weight is 355 g/mol. The van der Waals surface area contributed by atoms with Crippen LogP contribution < -0.4 is 10.6 Å². The molecule has 0 saturated carbocycles. The highest BCUT2D eigenvalue weighted by Crippen LogP contribution is 2.21. The van der Waals surface area contributed by atoms with Crippen LogP contribution in [0.3, 0.4) is 0 Å². The third-order valence-electron chi connectivity index (χ3n) is 4.08. The molecule has 0 aliphatic rings. The van der Waals surface area contributed by atoms with Gasteiger partial charge in [0.05, 0.1) is 35.3 Å². The minimum absolute atomic E-state index is 0.274. The van der Waals surface area contributed by atoms with E-state index in [0.29, 0.717) is 17.9 Å². The van der Waals surface area contributed by atoms with Crippen molar-refractivity contribution < 1.29 is 4.79 Å². The largest absolute Gasteiger partial charge is 0.378 e. The Hall–Kier alpha value is -3.80. The minimum atomic E-state index is -0.274. The Morgan fingerprint density at radius 2 is 1.74 bits per heavy atom. The number of fused-ring (bicyclic) bond motifs is 1. The zero-order valence-electron chi connectivity index (χ0n) is 14.5. The van der Waals surface area contributed by atoms with Gasteiger partial charge in [0.15, 0.2) is 0 Å². The maximum atomic E-state index is 12.5. The van der Waals surface area contributed by atoms with Gasteiger partial charge in [-0.05, 0) is 36.4 Å². The molecule has 4 aromatic rings. The first-order chi connectivity index (χ1) is 13.3. The molecule has 3 heterocycles. The number of amides is 1. The van der Waals surface area contributed by atoms with Crippen molar-refractivity contribution in [2.24, 2.45) is 0 Å². The molecule has 3 aromatic heterocycles. The van der Waals surface area contributed by atoms with Gasteiger partial charge in [0, 0.05) is 17.8 Å². The number of nitrogens with one attached hydrogen (secondary N) is 2. The zero-order chi connectivity index (χ0) is 18.5. The van der Waals surface area contributed by atoms with Gasteiger partial charge in [0.25, 0.3) is 5.91 Å². The van der Waals surface area contributed by atoms with Crippen LogP contribution in [-0.2, 0) is 6.54 Å². The molecule has 132 valence electrons. The number of nitrogens with zero attached hydrogens (tertiary/aromatic N) is 3. The highest BCUT2D eigenvalue weighted by molar-refractivity contribution is 6.07. The van der Waals surface area contributed by atoms with Crippen molar-refractivity contribution in [3.05, 3.63) is 90.6 Å². The van der Waals surface area contributed by atoms with Gasteiger partial charge in [-0.25, -0.2) is 4.98 Å². The van der Waals surface area contributed by atoms with Crippen molar-refractivity contribution >= 4 is 28.2 Å². The molecule has 1 amide bonds. The predicted octanol–water partition coefficient (Wildman–Crippen LogP) is 3.89. The van der Waals surface area contributed by atoms with E-state index in [1.54, 1.807) is 24.7 Å². The predicted molar refractivity (Wildman–Crippen MR) is 105 cm³/mol. The molecular weight excluding hydrogens is 338 g/mol. The van der Waals surface area contributed by atoms with Crippen LogP contribution in [-0.4, -0.2) is 20.9 Å². The van der Waals surface area contributed by atoms with Gasteiger partial charge in [-0.2, -0.15) is 0 Å². The summed E-state index contributed by atoms with van der Waals surface area (Å²) in [6, 6.07) is 18.8. The number of para-hydroxylation sites is 1. The lowest BCUT2D eigenvalue weighted by Gasteiger charge is -2.09. The van der Waals surface area contributed by atoms with E-state index in [1.165, 1.54) is 0 Å². The van der Waals surface area contributed by atoms with Crippen LogP contribution in [0.5, 0.6) is 0 Å². The molecule has 27 heavy (non-hydrogen) atoms. The summed E-state index contributed by atoms with van der Waals surface area (Å²) in [6.45, 7) is 0.593. The van der Waals surface area contributed by atoms with Crippen molar-refractivity contribution in [2.45, 2.75) is 6.54 Å². The molecule has 0 unspecified atom stereocenters. The summed E-state index contributed by atoms with van der Waals surface area (Å²) in [5.74, 6) is -0.274. The summed E-state index contributed by atoms with van der Waals surface area (Å²) in [5, 5.41) is 7.09. The van der Waals surface area contributed by atoms with Crippen LogP contribution in [0.4, 0.5) is 11.4 Å². The van der Waals surface area contributed by atoms with E-state index in [4.69, 9.17) is 0 Å². The Kier molecular flexibility index (Phi) is 4.70. The number of carbonyl (C=O) groups is 1. The Bertz CT molecular complexity index is 1060. The summed E-state index contributed by atoms with van der Waals surface area (Å²) in [5.41, 5.74) is 3.51. The molecular formula is C21H17N5O.